The number of benzene rings is 1. The van der Waals surface area contributed by atoms with E-state index in [-0.39, 0.29) is 5.92 Å². The topological polar surface area (TPSA) is 76.7 Å². The predicted octanol–water partition coefficient (Wildman–Crippen LogP) is 2.01. The summed E-state index contributed by atoms with van der Waals surface area (Å²) in [4.78, 5) is 23.4. The van der Waals surface area contributed by atoms with Gasteiger partial charge in [0.15, 0.2) is 0 Å². The van der Waals surface area contributed by atoms with Crippen molar-refractivity contribution in [2.75, 3.05) is 19.5 Å². The largest absolute Gasteiger partial charge is 0.497 e. The van der Waals surface area contributed by atoms with Crippen LogP contribution in [-0.2, 0) is 9.53 Å². The summed E-state index contributed by atoms with van der Waals surface area (Å²) in [6.07, 6.45) is 0. The summed E-state index contributed by atoms with van der Waals surface area (Å²) >= 11 is 0. The summed E-state index contributed by atoms with van der Waals surface area (Å²) < 4.78 is 9.73. The lowest BCUT2D eigenvalue weighted by Gasteiger charge is -2.20. The molecule has 0 aliphatic heterocycles. The number of ether oxygens (including phenoxy) is 2. The molecule has 2 amide bonds. The predicted molar refractivity (Wildman–Crippen MR) is 75.8 cm³/mol. The Morgan fingerprint density at radius 1 is 1.20 bits per heavy atom. The molecule has 6 heteroatoms. The second-order valence-electron chi connectivity index (χ2n) is 4.58. The molecule has 0 saturated heterocycles. The van der Waals surface area contributed by atoms with E-state index < -0.39 is 18.0 Å². The first-order valence-electron chi connectivity index (χ1n) is 6.27. The van der Waals surface area contributed by atoms with Crippen LogP contribution in [0.2, 0.25) is 0 Å². The number of anilines is 1. The molecule has 0 heterocycles. The van der Waals surface area contributed by atoms with Gasteiger partial charge in [-0.1, -0.05) is 19.9 Å². The van der Waals surface area contributed by atoms with Crippen molar-refractivity contribution in [3.8, 4) is 5.75 Å². The van der Waals surface area contributed by atoms with E-state index in [1.165, 1.54) is 7.11 Å². The van der Waals surface area contributed by atoms with Gasteiger partial charge in [0.25, 0.3) is 0 Å². The van der Waals surface area contributed by atoms with Gasteiger partial charge in [0.1, 0.15) is 11.8 Å². The maximum atomic E-state index is 11.9. The molecule has 1 rings (SSSR count). The van der Waals surface area contributed by atoms with Crippen LogP contribution in [-0.4, -0.2) is 32.3 Å². The molecule has 1 atom stereocenters. The number of esters is 1. The fourth-order valence-electron chi connectivity index (χ4n) is 1.63. The number of rotatable bonds is 5. The first-order chi connectivity index (χ1) is 9.47. The molecule has 0 aliphatic carbocycles. The van der Waals surface area contributed by atoms with Gasteiger partial charge in [-0.25, -0.2) is 9.59 Å². The Bertz CT molecular complexity index is 474. The van der Waals surface area contributed by atoms with Crippen molar-refractivity contribution in [3.05, 3.63) is 24.3 Å². The van der Waals surface area contributed by atoms with Crippen molar-refractivity contribution in [1.29, 1.82) is 0 Å². The first-order valence-corrected chi connectivity index (χ1v) is 6.27. The molecule has 0 aliphatic rings. The highest BCUT2D eigenvalue weighted by atomic mass is 16.5. The number of methoxy groups -OCH3 is 2. The molecule has 2 N–H and O–H groups in total. The van der Waals surface area contributed by atoms with E-state index in [1.54, 1.807) is 31.4 Å². The smallest absolute Gasteiger partial charge is 0.328 e. The normalized spacial score (nSPS) is 11.7. The van der Waals surface area contributed by atoms with E-state index in [0.29, 0.717) is 11.4 Å². The van der Waals surface area contributed by atoms with Gasteiger partial charge in [-0.3, -0.25) is 0 Å². The molecule has 1 aromatic carbocycles. The Morgan fingerprint density at radius 2 is 1.90 bits per heavy atom. The van der Waals surface area contributed by atoms with E-state index in [2.05, 4.69) is 15.4 Å². The number of carbonyl (C=O) groups is 2. The Labute approximate surface area is 118 Å². The van der Waals surface area contributed by atoms with Crippen LogP contribution in [0.1, 0.15) is 13.8 Å². The van der Waals surface area contributed by atoms with Crippen LogP contribution >= 0.6 is 0 Å². The number of carbonyl (C=O) groups excluding carboxylic acids is 2. The summed E-state index contributed by atoms with van der Waals surface area (Å²) in [5.74, 6) is 0.0930. The maximum Gasteiger partial charge on any atom is 0.328 e. The molecule has 6 nitrogen and oxygen atoms in total. The van der Waals surface area contributed by atoms with Crippen molar-refractivity contribution >= 4 is 17.7 Å². The van der Waals surface area contributed by atoms with Crippen molar-refractivity contribution in [1.82, 2.24) is 5.32 Å². The summed E-state index contributed by atoms with van der Waals surface area (Å²) in [7, 11) is 2.84. The quantitative estimate of drug-likeness (QED) is 0.809. The molecule has 0 saturated carbocycles. The zero-order valence-corrected chi connectivity index (χ0v) is 12.1. The number of nitrogens with one attached hydrogen (secondary N) is 2. The van der Waals surface area contributed by atoms with E-state index in [0.717, 1.165) is 0 Å². The third-order valence-corrected chi connectivity index (χ3v) is 2.74. The lowest BCUT2D eigenvalue weighted by atomic mass is 10.1. The SMILES string of the molecule is COC(=O)[C@H](NC(=O)Nc1cccc(OC)c1)C(C)C. The van der Waals surface area contributed by atoms with Crippen LogP contribution in [0.3, 0.4) is 0 Å². The van der Waals surface area contributed by atoms with Gasteiger partial charge >= 0.3 is 12.0 Å². The Hall–Kier alpha value is -2.24. The van der Waals surface area contributed by atoms with Crippen LogP contribution < -0.4 is 15.4 Å². The molecule has 0 spiro atoms. The van der Waals surface area contributed by atoms with Gasteiger partial charge in [-0.2, -0.15) is 0 Å². The Balaban J connectivity index is 2.68. The maximum absolute atomic E-state index is 11.9. The zero-order valence-electron chi connectivity index (χ0n) is 12.1. The standard InChI is InChI=1S/C14H20N2O4/c1-9(2)12(13(17)20-4)16-14(18)15-10-6-5-7-11(8-10)19-3/h5-9,12H,1-4H3,(H2,15,16,18)/t12-/m1/s1. The molecule has 0 radical (unpaired) electrons. The highest BCUT2D eigenvalue weighted by Gasteiger charge is 2.24. The van der Waals surface area contributed by atoms with Gasteiger partial charge in [-0.15, -0.1) is 0 Å². The van der Waals surface area contributed by atoms with Crippen molar-refractivity contribution in [3.63, 3.8) is 0 Å². The molecular weight excluding hydrogens is 260 g/mol. The average molecular weight is 280 g/mol. The Kier molecular flexibility index (Phi) is 5.83. The second kappa shape index (κ2) is 7.37. The van der Waals surface area contributed by atoms with E-state index in [4.69, 9.17) is 4.74 Å². The van der Waals surface area contributed by atoms with Crippen molar-refractivity contribution in [2.24, 2.45) is 5.92 Å². The van der Waals surface area contributed by atoms with Gasteiger partial charge in [0, 0.05) is 11.8 Å². The molecule has 20 heavy (non-hydrogen) atoms. The third-order valence-electron chi connectivity index (χ3n) is 2.74. The molecular formula is C14H20N2O4. The number of amides is 2. The fourth-order valence-corrected chi connectivity index (χ4v) is 1.63. The monoisotopic (exact) mass is 280 g/mol. The summed E-state index contributed by atoms with van der Waals surface area (Å²) in [5.41, 5.74) is 0.578. The molecule has 1 aromatic rings. The number of hydrogen-bond donors (Lipinski definition) is 2. The van der Waals surface area contributed by atoms with Gasteiger partial charge < -0.3 is 20.1 Å². The molecule has 0 bridgehead atoms. The van der Waals surface area contributed by atoms with Crippen molar-refractivity contribution in [2.45, 2.75) is 19.9 Å². The van der Waals surface area contributed by atoms with Crippen molar-refractivity contribution < 1.29 is 19.1 Å². The molecule has 0 aromatic heterocycles. The lowest BCUT2D eigenvalue weighted by Crippen LogP contribution is -2.46. The Morgan fingerprint density at radius 3 is 2.45 bits per heavy atom. The van der Waals surface area contributed by atoms with Gasteiger partial charge in [0.05, 0.1) is 14.2 Å². The summed E-state index contributed by atoms with van der Waals surface area (Å²) in [5, 5.41) is 5.23. The van der Waals surface area contributed by atoms with E-state index >= 15 is 0 Å². The third kappa shape index (κ3) is 4.46. The molecule has 0 fully saturated rings. The first kappa shape index (κ1) is 15.8. The van der Waals surface area contributed by atoms with Crippen LogP contribution in [0.15, 0.2) is 24.3 Å². The second-order valence-corrected chi connectivity index (χ2v) is 4.58. The van der Waals surface area contributed by atoms with E-state index in [1.807, 2.05) is 13.8 Å². The van der Waals surface area contributed by atoms with Crippen LogP contribution in [0.5, 0.6) is 5.75 Å². The number of hydrogen-bond acceptors (Lipinski definition) is 4. The minimum atomic E-state index is -0.689. The molecule has 110 valence electrons. The van der Waals surface area contributed by atoms with E-state index in [9.17, 15) is 9.59 Å². The molecule has 0 unspecified atom stereocenters. The minimum absolute atomic E-state index is 0.0708. The van der Waals surface area contributed by atoms with Crippen LogP contribution in [0.25, 0.3) is 0 Å². The van der Waals surface area contributed by atoms with Crippen LogP contribution in [0, 0.1) is 5.92 Å². The highest BCUT2D eigenvalue weighted by molar-refractivity contribution is 5.92. The van der Waals surface area contributed by atoms with Crippen LogP contribution in [0.4, 0.5) is 10.5 Å². The zero-order chi connectivity index (χ0) is 15.1. The number of urea groups is 1. The summed E-state index contributed by atoms with van der Waals surface area (Å²) in [6.45, 7) is 3.65. The fraction of sp³-hybridized carbons (Fsp3) is 0.429. The van der Waals surface area contributed by atoms with Gasteiger partial charge in [0.2, 0.25) is 0 Å². The minimum Gasteiger partial charge on any atom is -0.497 e. The van der Waals surface area contributed by atoms with Gasteiger partial charge in [-0.05, 0) is 18.1 Å². The summed E-state index contributed by atoms with van der Waals surface area (Å²) in [6, 6.07) is 5.78. The average Bonchev–Trinajstić information content (AvgIpc) is 2.43. The lowest BCUT2D eigenvalue weighted by molar-refractivity contribution is -0.143. The highest BCUT2D eigenvalue weighted by Crippen LogP contribution is 2.16.